The lowest BCUT2D eigenvalue weighted by Gasteiger charge is -2.12. The number of benzene rings is 10. The minimum absolute atomic E-state index is 0.00670. The van der Waals surface area contributed by atoms with Gasteiger partial charge in [0.1, 0.15) is 0 Å². The molecular formula is C91H82Cl3F15N4O13S10. The summed E-state index contributed by atoms with van der Waals surface area (Å²) in [5, 5.41) is 3.40. The summed E-state index contributed by atoms with van der Waals surface area (Å²) in [7, 11) is -13.3. The standard InChI is InChI=1S/C20H17F3N2O4S3.C17H14ClF3O4S2.C17H15F3O2S.C17H15F3S.C9H10S.C8H6ClF3.C3H4N2S.ClHO3S/c21-20(22,23)16-4-1-13(2-5-16)12-31(26,27)18-9-14-3-6-17(10-15(14)11-18)32(28,29)25-19-24-7-8-30-19;18-27(24,25)15-6-3-12-7-16(9-13(12)8-15)26(22,23)10-11-1-4-14(5-2-11)17(19,20)21;18-17(19,20)15-7-5-12(6-8-15)11-23(21,22)16-9-13-3-1-2-4-14(13)10-16;18-17(19,20)15-7-5-12(6-8-15)11-21-16-9-13-3-1-2-4-14(13)10-16;10-9-5-7-3-1-2-4-8(7)6-9;9-5-6-1-3-7(4-2-6)8(10,11)12;4-3-5-1-2-6-3;1-5(2,3)4/h1-8,10,18H,9,11-12H2,(H,24,25);1-6,8,16H,7,9-10H2;1-8,16H,9-11H2;1-8,16H,9-11H2;1-4,9-10H,5-6H2;1-4H,5H2;1-2H,(H2,4,5);(H,2,3,4). The van der Waals surface area contributed by atoms with Crippen LogP contribution in [0.3, 0.4) is 0 Å². The third-order valence-electron chi connectivity index (χ3n) is 21.6. The highest BCUT2D eigenvalue weighted by molar-refractivity contribution is 8.13. The summed E-state index contributed by atoms with van der Waals surface area (Å²) in [6, 6.07) is 56.0. The molecule has 2 unspecified atom stereocenters. The summed E-state index contributed by atoms with van der Waals surface area (Å²) >= 11 is 14.3. The molecule has 4 N–H and O–H groups in total. The first-order chi connectivity index (χ1) is 63.4. The maximum atomic E-state index is 12.9. The highest BCUT2D eigenvalue weighted by atomic mass is 35.7. The fourth-order valence-corrected chi connectivity index (χ4v) is 24.9. The maximum absolute atomic E-state index is 12.9. The van der Waals surface area contributed by atoms with Crippen LogP contribution in [0, 0.1) is 0 Å². The van der Waals surface area contributed by atoms with Gasteiger partial charge >= 0.3 is 40.2 Å². The molecule has 12 aromatic rings. The third-order valence-corrected chi connectivity index (χ3v) is 33.9. The molecule has 0 fully saturated rings. The molecule has 2 aromatic heterocycles. The van der Waals surface area contributed by atoms with Crippen LogP contribution in [-0.2, 0) is 182 Å². The van der Waals surface area contributed by atoms with Gasteiger partial charge in [0.15, 0.2) is 39.8 Å². The molecule has 0 radical (unpaired) electrons. The van der Waals surface area contributed by atoms with E-state index in [1.165, 1.54) is 107 Å². The maximum Gasteiger partial charge on any atom is 0.416 e. The van der Waals surface area contributed by atoms with Crippen molar-refractivity contribution >= 4 is 148 Å². The lowest BCUT2D eigenvalue weighted by atomic mass is 10.1. The predicted octanol–water partition coefficient (Wildman–Crippen LogP) is 22.9. The molecule has 0 amide bonds. The average molecular weight is 2150 g/mol. The zero-order valence-electron chi connectivity index (χ0n) is 70.5. The SMILES string of the molecule is FC(F)(F)c1ccc(CCl)cc1.FC(F)(F)c1ccc(CSC2Cc3ccccc3C2)cc1.Nc1nccs1.O=S(=O)(Cc1ccc(C(F)(F)F)cc1)C1Cc2ccccc2C1.O=S(=O)(Cl)c1ccc2c(c1)CC(S(=O)(=O)Cc1ccc(C(F)(F)F)cc1)C2.O=S(=O)(Nc1nccs1)c1ccc2c(c1)CC(S(=O)(=O)Cc1ccc(C(F)(F)F)cc1)C2.O=S(=O)(O)Cl.SC1Cc2ccccc2C1. The Morgan fingerprint density at radius 1 is 0.375 bits per heavy atom. The molecule has 10 aromatic carbocycles. The fraction of sp³-hybridized carbons (Fsp3) is 0.275. The second kappa shape index (κ2) is 46.1. The topological polar surface area (TPSA) is 289 Å². The number of halogens is 18. The van der Waals surface area contributed by atoms with E-state index in [0.717, 1.165) is 143 Å². The van der Waals surface area contributed by atoms with Gasteiger partial charge in [0, 0.05) is 66.7 Å². The number of nitrogens with two attached hydrogens (primary N) is 1. The van der Waals surface area contributed by atoms with Crippen molar-refractivity contribution in [3.8, 4) is 0 Å². The van der Waals surface area contributed by atoms with Gasteiger partial charge in [-0.2, -0.15) is 98.7 Å². The number of hydrogen-bond acceptors (Lipinski definition) is 19. The van der Waals surface area contributed by atoms with Gasteiger partial charge in [-0.3, -0.25) is 9.27 Å². The highest BCUT2D eigenvalue weighted by Gasteiger charge is 2.40. The number of sulfonamides is 1. The van der Waals surface area contributed by atoms with E-state index < -0.39 is 132 Å². The van der Waals surface area contributed by atoms with Crippen LogP contribution >= 0.6 is 80.0 Å². The highest BCUT2D eigenvalue weighted by Crippen LogP contribution is 2.40. The number of fused-ring (bicyclic) bond motifs is 5. The molecular weight excluding hydrogens is 2070 g/mol. The number of rotatable bonds is 17. The van der Waals surface area contributed by atoms with Gasteiger partial charge < -0.3 is 5.73 Å². The molecule has 0 bridgehead atoms. The van der Waals surface area contributed by atoms with E-state index in [0.29, 0.717) is 50.7 Å². The normalized spacial score (nSPS) is 15.5. The van der Waals surface area contributed by atoms with Gasteiger partial charge in [-0.15, -0.1) is 34.3 Å². The number of thiazole rings is 2. The molecule has 2 heterocycles. The van der Waals surface area contributed by atoms with Gasteiger partial charge in [0.25, 0.3) is 19.1 Å². The predicted molar refractivity (Wildman–Crippen MR) is 503 cm³/mol. The van der Waals surface area contributed by atoms with Crippen molar-refractivity contribution < 1.29 is 121 Å². The first kappa shape index (κ1) is 109. The Kier molecular flexibility index (Phi) is 37.0. The molecule has 5 aliphatic carbocycles. The van der Waals surface area contributed by atoms with Gasteiger partial charge in [-0.25, -0.2) is 52.1 Å². The van der Waals surface area contributed by atoms with Gasteiger partial charge in [-0.05, 0) is 233 Å². The lowest BCUT2D eigenvalue weighted by molar-refractivity contribution is -0.138. The van der Waals surface area contributed by atoms with E-state index in [1.54, 1.807) is 29.8 Å². The number of nitrogen functional groups attached to an aromatic ring is 1. The van der Waals surface area contributed by atoms with E-state index in [2.05, 4.69) is 86.5 Å². The van der Waals surface area contributed by atoms with Crippen molar-refractivity contribution in [1.29, 1.82) is 0 Å². The second-order valence-corrected chi connectivity index (χ2v) is 48.5. The molecule has 2 atom stereocenters. The molecule has 730 valence electrons. The van der Waals surface area contributed by atoms with E-state index >= 15 is 0 Å². The van der Waals surface area contributed by atoms with Gasteiger partial charge in [-0.1, -0.05) is 146 Å². The monoisotopic (exact) mass is 2150 g/mol. The van der Waals surface area contributed by atoms with E-state index in [9.17, 15) is 108 Å². The minimum atomic E-state index is -4.49. The van der Waals surface area contributed by atoms with Crippen LogP contribution in [-0.4, -0.2) is 91.3 Å². The summed E-state index contributed by atoms with van der Waals surface area (Å²) < 4.78 is 339. The van der Waals surface area contributed by atoms with Crippen molar-refractivity contribution in [3.63, 3.8) is 0 Å². The molecule has 45 heteroatoms. The van der Waals surface area contributed by atoms with Crippen molar-refractivity contribution in [2.75, 3.05) is 10.5 Å². The van der Waals surface area contributed by atoms with Crippen LogP contribution in [0.4, 0.5) is 76.1 Å². The van der Waals surface area contributed by atoms with Crippen LogP contribution in [0.1, 0.15) is 111 Å². The Morgan fingerprint density at radius 3 is 0.941 bits per heavy atom. The third kappa shape index (κ3) is 33.2. The Balaban J connectivity index is 0.000000169. The van der Waals surface area contributed by atoms with E-state index in [1.807, 2.05) is 41.4 Å². The molecule has 17 nitrogen and oxygen atoms in total. The summed E-state index contributed by atoms with van der Waals surface area (Å²) in [5.41, 5.74) is 14.6. The number of nitrogens with zero attached hydrogens (tertiary/aromatic N) is 2. The summed E-state index contributed by atoms with van der Waals surface area (Å²) in [4.78, 5) is 7.51. The number of thioether (sulfide) groups is 1. The van der Waals surface area contributed by atoms with Crippen LogP contribution in [0.25, 0.3) is 0 Å². The van der Waals surface area contributed by atoms with Crippen LogP contribution in [0.15, 0.2) is 263 Å². The second-order valence-electron chi connectivity index (χ2n) is 31.4. The Hall–Kier alpha value is -8.76. The van der Waals surface area contributed by atoms with Crippen molar-refractivity contribution in [2.24, 2.45) is 0 Å². The summed E-state index contributed by atoms with van der Waals surface area (Å²) in [6.45, 7) is 0. The number of thiol groups is 1. The van der Waals surface area contributed by atoms with Crippen molar-refractivity contribution in [1.82, 2.24) is 9.97 Å². The zero-order chi connectivity index (χ0) is 99.8. The molecule has 5 aliphatic rings. The number of anilines is 2. The number of nitrogens with one attached hydrogen (secondary N) is 1. The first-order valence-electron chi connectivity index (χ1n) is 40.3. The first-order valence-corrected chi connectivity index (χ1v) is 55.4. The molecule has 0 saturated carbocycles. The largest absolute Gasteiger partial charge is 0.416 e. The summed E-state index contributed by atoms with van der Waals surface area (Å²) in [6.07, 6.45) is -12.7. The molecule has 0 saturated heterocycles. The fourth-order valence-electron chi connectivity index (χ4n) is 14.8. The molecule has 0 aliphatic heterocycles. The quantitative estimate of drug-likeness (QED) is 0.0217. The average Bonchev–Trinajstić information content (AvgIpc) is 1.65. The van der Waals surface area contributed by atoms with Crippen LogP contribution in [0.2, 0.25) is 0 Å². The number of alkyl halides is 16. The molecule has 0 spiro atoms. The Morgan fingerprint density at radius 2 is 0.654 bits per heavy atom. The number of aromatic nitrogens is 2. The Labute approximate surface area is 807 Å². The van der Waals surface area contributed by atoms with Gasteiger partial charge in [0.2, 0.25) is 0 Å². The number of sulfone groups is 3. The van der Waals surface area contributed by atoms with Gasteiger partial charge in [0.05, 0.1) is 70.6 Å². The smallest absolute Gasteiger partial charge is 0.375 e. The van der Waals surface area contributed by atoms with Crippen LogP contribution in [0.5, 0.6) is 0 Å². The molecule has 136 heavy (non-hydrogen) atoms. The Bertz CT molecular complexity index is 6700. The van der Waals surface area contributed by atoms with Crippen molar-refractivity contribution in [2.45, 2.75) is 160 Å². The van der Waals surface area contributed by atoms with E-state index in [-0.39, 0.29) is 74.9 Å². The lowest BCUT2D eigenvalue weighted by Crippen LogP contribution is -2.23. The minimum Gasteiger partial charge on any atom is -0.375 e. The summed E-state index contributed by atoms with van der Waals surface area (Å²) in [5.74, 6) is -0.0102. The molecule has 17 rings (SSSR count). The zero-order valence-corrected chi connectivity index (χ0v) is 81.0. The van der Waals surface area contributed by atoms with Crippen LogP contribution < -0.4 is 10.5 Å². The van der Waals surface area contributed by atoms with Crippen molar-refractivity contribution in [3.05, 3.63) is 365 Å². The number of hydrogen-bond donors (Lipinski definition) is 4. The van der Waals surface area contributed by atoms with E-state index in [4.69, 9.17) is 41.0 Å².